The Hall–Kier alpha value is -3.26. The van der Waals surface area contributed by atoms with Gasteiger partial charge in [0.1, 0.15) is 5.75 Å². The van der Waals surface area contributed by atoms with Gasteiger partial charge in [0.05, 0.1) is 19.6 Å². The van der Waals surface area contributed by atoms with E-state index in [0.29, 0.717) is 23.8 Å². The number of fused-ring (bicyclic) bond motifs is 1. The maximum absolute atomic E-state index is 13.3. The predicted molar refractivity (Wildman–Crippen MR) is 129 cm³/mol. The largest absolute Gasteiger partial charge is 0.497 e. The SMILES string of the molecule is COc1ccc([C@@H]2[C@@H](C(=O)O)C(c3ccc4c(c3)OCO4)CN2CC(=O)N(C)C2CCCC2)cc1. The van der Waals surface area contributed by atoms with Gasteiger partial charge in [0.15, 0.2) is 11.5 Å². The summed E-state index contributed by atoms with van der Waals surface area (Å²) in [5.74, 6) is 0.110. The normalized spacial score (nSPS) is 24.0. The molecule has 1 saturated heterocycles. The van der Waals surface area contributed by atoms with Crippen molar-refractivity contribution in [2.24, 2.45) is 5.92 Å². The molecule has 1 unspecified atom stereocenters. The maximum atomic E-state index is 13.3. The number of carboxylic acids is 1. The number of likely N-dealkylation sites (tertiary alicyclic amines) is 1. The topological polar surface area (TPSA) is 88.5 Å². The van der Waals surface area contributed by atoms with Crippen molar-refractivity contribution >= 4 is 11.9 Å². The summed E-state index contributed by atoms with van der Waals surface area (Å²) < 4.78 is 16.3. The number of likely N-dealkylation sites (N-methyl/N-ethyl adjacent to an activating group) is 1. The number of benzene rings is 2. The molecule has 2 aromatic rings. The molecule has 2 aromatic carbocycles. The molecule has 0 spiro atoms. The number of rotatable bonds is 7. The highest BCUT2D eigenvalue weighted by atomic mass is 16.7. The number of carbonyl (C=O) groups excluding carboxylic acids is 1. The molecule has 1 aliphatic carbocycles. The molecular formula is C27H32N2O6. The van der Waals surface area contributed by atoms with Crippen LogP contribution in [0.25, 0.3) is 0 Å². The van der Waals surface area contributed by atoms with Gasteiger partial charge in [0, 0.05) is 31.6 Å². The minimum atomic E-state index is -0.882. The van der Waals surface area contributed by atoms with Gasteiger partial charge in [0.25, 0.3) is 0 Å². The van der Waals surface area contributed by atoms with E-state index in [2.05, 4.69) is 0 Å². The van der Waals surface area contributed by atoms with Crippen LogP contribution in [0, 0.1) is 5.92 Å². The van der Waals surface area contributed by atoms with Crippen molar-refractivity contribution in [3.05, 3.63) is 53.6 Å². The molecule has 1 saturated carbocycles. The van der Waals surface area contributed by atoms with Gasteiger partial charge >= 0.3 is 5.97 Å². The number of nitrogens with zero attached hydrogens (tertiary/aromatic N) is 2. The minimum absolute atomic E-state index is 0.0332. The summed E-state index contributed by atoms with van der Waals surface area (Å²) in [7, 11) is 3.48. The van der Waals surface area contributed by atoms with Crippen molar-refractivity contribution in [1.29, 1.82) is 0 Å². The van der Waals surface area contributed by atoms with Crippen LogP contribution in [0.5, 0.6) is 17.2 Å². The van der Waals surface area contributed by atoms with Crippen LogP contribution in [0.4, 0.5) is 0 Å². The number of carboxylic acid groups (broad SMARTS) is 1. The standard InChI is InChI=1S/C27H32N2O6/c1-28(19-5-3-4-6-19)24(30)15-29-14-21(18-9-12-22-23(13-18)35-16-34-22)25(27(31)32)26(29)17-7-10-20(33-2)11-8-17/h7-13,19,21,25-26H,3-6,14-16H2,1-2H3,(H,31,32)/t21?,25-,26+/m0/s1. The van der Waals surface area contributed by atoms with Crippen LogP contribution in [0.2, 0.25) is 0 Å². The molecule has 3 atom stereocenters. The van der Waals surface area contributed by atoms with Crippen molar-refractivity contribution in [1.82, 2.24) is 9.80 Å². The van der Waals surface area contributed by atoms with E-state index in [-0.39, 0.29) is 31.2 Å². The zero-order chi connectivity index (χ0) is 24.5. The molecule has 2 heterocycles. The van der Waals surface area contributed by atoms with Crippen molar-refractivity contribution in [2.75, 3.05) is 34.0 Å². The molecule has 2 aliphatic heterocycles. The number of aliphatic carboxylic acids is 1. The van der Waals surface area contributed by atoms with Gasteiger partial charge in [-0.1, -0.05) is 31.0 Å². The Balaban J connectivity index is 1.48. The molecular weight excluding hydrogens is 448 g/mol. The van der Waals surface area contributed by atoms with E-state index >= 15 is 0 Å². The summed E-state index contributed by atoms with van der Waals surface area (Å²) in [6, 6.07) is 12.9. The Morgan fingerprint density at radius 3 is 2.43 bits per heavy atom. The average molecular weight is 481 g/mol. The Bertz CT molecular complexity index is 1080. The molecule has 0 bridgehead atoms. The van der Waals surface area contributed by atoms with Gasteiger partial charge < -0.3 is 24.2 Å². The molecule has 1 amide bonds. The first-order valence-electron chi connectivity index (χ1n) is 12.2. The van der Waals surface area contributed by atoms with Crippen molar-refractivity contribution < 1.29 is 28.9 Å². The summed E-state index contributed by atoms with van der Waals surface area (Å²) in [5.41, 5.74) is 1.73. The molecule has 0 aromatic heterocycles. The minimum Gasteiger partial charge on any atom is -0.497 e. The smallest absolute Gasteiger partial charge is 0.309 e. The van der Waals surface area contributed by atoms with Crippen LogP contribution in [0.3, 0.4) is 0 Å². The zero-order valence-corrected chi connectivity index (χ0v) is 20.2. The molecule has 1 N–H and O–H groups in total. The summed E-state index contributed by atoms with van der Waals surface area (Å²) in [6.07, 6.45) is 4.35. The zero-order valence-electron chi connectivity index (χ0n) is 20.2. The van der Waals surface area contributed by atoms with E-state index in [9.17, 15) is 14.7 Å². The number of amides is 1. The fourth-order valence-corrected chi connectivity index (χ4v) is 5.85. The third-order valence-corrected chi connectivity index (χ3v) is 7.77. The lowest BCUT2D eigenvalue weighted by atomic mass is 9.82. The highest BCUT2D eigenvalue weighted by Crippen LogP contribution is 2.47. The second-order valence-corrected chi connectivity index (χ2v) is 9.67. The van der Waals surface area contributed by atoms with E-state index in [4.69, 9.17) is 14.2 Å². The quantitative estimate of drug-likeness (QED) is 0.647. The Labute approximate surface area is 205 Å². The van der Waals surface area contributed by atoms with Gasteiger partial charge in [0.2, 0.25) is 12.7 Å². The third-order valence-electron chi connectivity index (χ3n) is 7.77. The van der Waals surface area contributed by atoms with Gasteiger partial charge in [-0.25, -0.2) is 0 Å². The lowest BCUT2D eigenvalue weighted by molar-refractivity contribution is -0.144. The van der Waals surface area contributed by atoms with Crippen molar-refractivity contribution in [3.63, 3.8) is 0 Å². The van der Waals surface area contributed by atoms with E-state index in [0.717, 1.165) is 36.8 Å². The fraction of sp³-hybridized carbons (Fsp3) is 0.481. The molecule has 186 valence electrons. The molecule has 35 heavy (non-hydrogen) atoms. The van der Waals surface area contributed by atoms with Gasteiger partial charge in [-0.2, -0.15) is 0 Å². The molecule has 2 fully saturated rings. The highest BCUT2D eigenvalue weighted by molar-refractivity contribution is 5.79. The molecule has 3 aliphatic rings. The molecule has 0 radical (unpaired) electrons. The van der Waals surface area contributed by atoms with E-state index in [1.165, 1.54) is 0 Å². The van der Waals surface area contributed by atoms with E-state index in [1.807, 2.05) is 59.3 Å². The van der Waals surface area contributed by atoms with E-state index in [1.54, 1.807) is 7.11 Å². The summed E-state index contributed by atoms with van der Waals surface area (Å²) in [6.45, 7) is 0.792. The first kappa shape index (κ1) is 23.5. The van der Waals surface area contributed by atoms with E-state index < -0.39 is 17.9 Å². The van der Waals surface area contributed by atoms with Gasteiger partial charge in [-0.15, -0.1) is 0 Å². The number of carbonyl (C=O) groups is 2. The van der Waals surface area contributed by atoms with Crippen molar-refractivity contribution in [2.45, 2.75) is 43.7 Å². The number of ether oxygens (including phenoxy) is 3. The number of hydrogen-bond acceptors (Lipinski definition) is 6. The lowest BCUT2D eigenvalue weighted by Crippen LogP contribution is -2.43. The first-order chi connectivity index (χ1) is 17.0. The lowest BCUT2D eigenvalue weighted by Gasteiger charge is -2.30. The van der Waals surface area contributed by atoms with Crippen LogP contribution in [0.15, 0.2) is 42.5 Å². The Morgan fingerprint density at radius 1 is 1.06 bits per heavy atom. The van der Waals surface area contributed by atoms with Gasteiger partial charge in [-0.05, 0) is 48.2 Å². The van der Waals surface area contributed by atoms with Crippen LogP contribution in [-0.2, 0) is 9.59 Å². The summed E-state index contributed by atoms with van der Waals surface area (Å²) in [5, 5.41) is 10.4. The van der Waals surface area contributed by atoms with Gasteiger partial charge in [-0.3, -0.25) is 14.5 Å². The second-order valence-electron chi connectivity index (χ2n) is 9.67. The van der Waals surface area contributed by atoms with Crippen LogP contribution >= 0.6 is 0 Å². The van der Waals surface area contributed by atoms with Crippen molar-refractivity contribution in [3.8, 4) is 17.2 Å². The summed E-state index contributed by atoms with van der Waals surface area (Å²) >= 11 is 0. The first-order valence-corrected chi connectivity index (χ1v) is 12.2. The number of methoxy groups -OCH3 is 1. The monoisotopic (exact) mass is 480 g/mol. The third kappa shape index (κ3) is 4.55. The molecule has 8 heteroatoms. The number of hydrogen-bond donors (Lipinski definition) is 1. The van der Waals surface area contributed by atoms with Crippen LogP contribution in [-0.4, -0.2) is 66.9 Å². The molecule has 5 rings (SSSR count). The average Bonchev–Trinajstić information content (AvgIpc) is 3.63. The predicted octanol–water partition coefficient (Wildman–Crippen LogP) is 3.67. The fourth-order valence-electron chi connectivity index (χ4n) is 5.85. The van der Waals surface area contributed by atoms with Crippen LogP contribution < -0.4 is 14.2 Å². The second kappa shape index (κ2) is 9.77. The maximum Gasteiger partial charge on any atom is 0.309 e. The Kier molecular flexibility index (Phi) is 6.56. The highest BCUT2D eigenvalue weighted by Gasteiger charge is 2.48. The molecule has 8 nitrogen and oxygen atoms in total. The Morgan fingerprint density at radius 2 is 1.74 bits per heavy atom. The van der Waals surface area contributed by atoms with Crippen LogP contribution in [0.1, 0.15) is 48.8 Å². The summed E-state index contributed by atoms with van der Waals surface area (Å²) in [4.78, 5) is 29.9.